The molecule has 0 saturated carbocycles. The first-order valence-electron chi connectivity index (χ1n) is 9.68. The van der Waals surface area contributed by atoms with Gasteiger partial charge in [0.25, 0.3) is 0 Å². The molecule has 11 nitrogen and oxygen atoms in total. The maximum Gasteiger partial charge on any atom is 0.397 e. The average molecular weight is 467 g/mol. The lowest BCUT2D eigenvalue weighted by atomic mass is 9.64. The Bertz CT molecular complexity index is 834. The van der Waals surface area contributed by atoms with Gasteiger partial charge in [-0.2, -0.15) is 8.42 Å². The van der Waals surface area contributed by atoms with E-state index in [-0.39, 0.29) is 12.2 Å². The van der Waals surface area contributed by atoms with E-state index in [4.69, 9.17) is 14.0 Å². The summed E-state index contributed by atoms with van der Waals surface area (Å²) < 4.78 is 45.2. The van der Waals surface area contributed by atoms with Crippen LogP contribution in [0.1, 0.15) is 34.1 Å². The number of carbonyl (C=O) groups is 1. The molecular weight excluding hydrogens is 436 g/mol. The highest BCUT2D eigenvalue weighted by molar-refractivity contribution is 7.80. The molecule has 178 valence electrons. The molecule has 1 heterocycles. The van der Waals surface area contributed by atoms with Gasteiger partial charge in [0.2, 0.25) is 0 Å². The zero-order chi connectivity index (χ0) is 23.8. The zero-order valence-electron chi connectivity index (χ0n) is 17.7. The van der Waals surface area contributed by atoms with Crippen molar-refractivity contribution in [3.63, 3.8) is 0 Å². The van der Waals surface area contributed by atoms with Gasteiger partial charge in [0, 0.05) is 11.8 Å². The van der Waals surface area contributed by atoms with Crippen molar-refractivity contribution in [3.05, 3.63) is 23.8 Å². The quantitative estimate of drug-likeness (QED) is 0.235. The highest BCUT2D eigenvalue weighted by Crippen LogP contribution is 2.44. The number of aliphatic hydroxyl groups is 4. The Morgan fingerprint density at radius 2 is 1.87 bits per heavy atom. The molecule has 1 fully saturated rings. The molecule has 0 radical (unpaired) electrons. The van der Waals surface area contributed by atoms with Gasteiger partial charge in [-0.25, -0.2) is 4.18 Å². The number of allylic oxidation sites excluding steroid dienone is 1. The number of rotatable bonds is 7. The minimum Gasteiger partial charge on any atom is -0.387 e. The van der Waals surface area contributed by atoms with Crippen molar-refractivity contribution in [1.82, 2.24) is 0 Å². The summed E-state index contributed by atoms with van der Waals surface area (Å²) >= 11 is 0. The van der Waals surface area contributed by atoms with Crippen molar-refractivity contribution in [2.75, 3.05) is 6.61 Å². The molecule has 1 aliphatic heterocycles. The van der Waals surface area contributed by atoms with E-state index in [1.807, 2.05) is 0 Å². The van der Waals surface area contributed by atoms with Crippen LogP contribution in [0.2, 0.25) is 0 Å². The third-order valence-corrected chi connectivity index (χ3v) is 6.07. The SMILES string of the molecule is CC1=CC(=O)CC(C)(C)[C@]1(O)C=C[C@H](C)O[C@@H]1O[C@H](COS(=O)(=O)O)[C@@H](O)[C@H](O)[C@H]1O. The third-order valence-electron chi connectivity index (χ3n) is 5.63. The summed E-state index contributed by atoms with van der Waals surface area (Å²) in [6.45, 7) is 5.89. The molecule has 12 heteroatoms. The molecule has 0 spiro atoms. The molecule has 0 unspecified atom stereocenters. The molecule has 2 rings (SSSR count). The molecule has 0 amide bonds. The molecule has 0 aromatic carbocycles. The number of ketones is 1. The number of aliphatic hydroxyl groups excluding tert-OH is 3. The Morgan fingerprint density at radius 1 is 1.26 bits per heavy atom. The molecule has 1 aliphatic carbocycles. The fraction of sp³-hybridized carbons (Fsp3) is 0.737. The van der Waals surface area contributed by atoms with Gasteiger partial charge in [0.05, 0.1) is 12.7 Å². The van der Waals surface area contributed by atoms with Gasteiger partial charge in [-0.1, -0.05) is 19.9 Å². The van der Waals surface area contributed by atoms with Gasteiger partial charge < -0.3 is 29.9 Å². The summed E-state index contributed by atoms with van der Waals surface area (Å²) in [4.78, 5) is 11.8. The van der Waals surface area contributed by atoms with Crippen LogP contribution in [-0.2, 0) is 28.9 Å². The Kier molecular flexibility index (Phi) is 7.84. The van der Waals surface area contributed by atoms with Crippen molar-refractivity contribution in [2.45, 2.75) is 76.5 Å². The van der Waals surface area contributed by atoms with E-state index in [1.165, 1.54) is 18.2 Å². The monoisotopic (exact) mass is 466 g/mol. The Hall–Kier alpha value is -1.22. The van der Waals surface area contributed by atoms with Crippen LogP contribution in [0.15, 0.2) is 23.8 Å². The summed E-state index contributed by atoms with van der Waals surface area (Å²) in [6.07, 6.45) is -4.26. The lowest BCUT2D eigenvalue weighted by Crippen LogP contribution is -2.59. The van der Waals surface area contributed by atoms with E-state index in [9.17, 15) is 33.6 Å². The first-order chi connectivity index (χ1) is 14.1. The number of carbonyl (C=O) groups excluding carboxylic acids is 1. The largest absolute Gasteiger partial charge is 0.397 e. The van der Waals surface area contributed by atoms with E-state index in [1.54, 1.807) is 27.7 Å². The van der Waals surface area contributed by atoms with Crippen molar-refractivity contribution in [2.24, 2.45) is 5.41 Å². The molecular formula is C19H30O11S. The van der Waals surface area contributed by atoms with Crippen LogP contribution in [0.4, 0.5) is 0 Å². The Labute approximate surface area is 180 Å². The van der Waals surface area contributed by atoms with E-state index in [0.29, 0.717) is 5.57 Å². The molecule has 2 aliphatic rings. The number of hydrogen-bond donors (Lipinski definition) is 5. The highest BCUT2D eigenvalue weighted by atomic mass is 32.3. The minimum atomic E-state index is -4.81. The van der Waals surface area contributed by atoms with Gasteiger partial charge in [-0.15, -0.1) is 0 Å². The second-order valence-electron chi connectivity index (χ2n) is 8.55. The van der Waals surface area contributed by atoms with Crippen LogP contribution >= 0.6 is 0 Å². The average Bonchev–Trinajstić information content (AvgIpc) is 2.63. The van der Waals surface area contributed by atoms with Crippen LogP contribution in [0.3, 0.4) is 0 Å². The summed E-state index contributed by atoms with van der Waals surface area (Å²) in [5.41, 5.74) is -1.74. The van der Waals surface area contributed by atoms with Crippen molar-refractivity contribution < 1.29 is 51.8 Å². The number of hydrogen-bond acceptors (Lipinski definition) is 10. The van der Waals surface area contributed by atoms with Crippen LogP contribution in [0, 0.1) is 5.41 Å². The van der Waals surface area contributed by atoms with Crippen molar-refractivity contribution in [3.8, 4) is 0 Å². The maximum absolute atomic E-state index is 11.8. The van der Waals surface area contributed by atoms with Crippen LogP contribution < -0.4 is 0 Å². The molecule has 7 atom stereocenters. The third kappa shape index (κ3) is 5.97. The van der Waals surface area contributed by atoms with Crippen LogP contribution in [-0.4, -0.2) is 88.2 Å². The van der Waals surface area contributed by atoms with Gasteiger partial charge in [-0.3, -0.25) is 9.35 Å². The van der Waals surface area contributed by atoms with E-state index >= 15 is 0 Å². The van der Waals surface area contributed by atoms with Gasteiger partial charge in [0.15, 0.2) is 12.1 Å². The molecule has 0 aromatic heterocycles. The van der Waals surface area contributed by atoms with Gasteiger partial charge in [-0.05, 0) is 31.6 Å². The van der Waals surface area contributed by atoms with Crippen molar-refractivity contribution in [1.29, 1.82) is 0 Å². The van der Waals surface area contributed by atoms with E-state index < -0.39 is 64.8 Å². The van der Waals surface area contributed by atoms with Gasteiger partial charge in [0.1, 0.15) is 30.0 Å². The minimum absolute atomic E-state index is 0.0886. The topological polar surface area (TPSA) is 180 Å². The molecule has 0 bridgehead atoms. The van der Waals surface area contributed by atoms with Gasteiger partial charge >= 0.3 is 10.4 Å². The fourth-order valence-electron chi connectivity index (χ4n) is 3.72. The first-order valence-corrected chi connectivity index (χ1v) is 11.0. The summed E-state index contributed by atoms with van der Waals surface area (Å²) in [6, 6.07) is 0. The first kappa shape index (κ1) is 26.0. The highest BCUT2D eigenvalue weighted by Gasteiger charge is 2.47. The lowest BCUT2D eigenvalue weighted by molar-refractivity contribution is -0.305. The standard InChI is InChI=1S/C19H30O11S/c1-10-7-12(20)8-18(3,4)19(10,24)6-5-11(2)29-17-16(23)15(22)14(21)13(30-17)9-28-31(25,26)27/h5-7,11,13-17,21-24H,8-9H2,1-4H3,(H,25,26,27)/t11-,13+,14+,15-,16+,17+,19-/m0/s1. The maximum atomic E-state index is 11.8. The smallest absolute Gasteiger partial charge is 0.387 e. The fourth-order valence-corrected chi connectivity index (χ4v) is 4.02. The summed E-state index contributed by atoms with van der Waals surface area (Å²) in [5.74, 6) is -0.0886. The summed E-state index contributed by atoms with van der Waals surface area (Å²) in [7, 11) is -4.81. The predicted octanol–water partition coefficient (Wildman–Crippen LogP) is -0.749. The number of ether oxygens (including phenoxy) is 2. The molecule has 0 aromatic rings. The second-order valence-corrected chi connectivity index (χ2v) is 9.64. The van der Waals surface area contributed by atoms with Crippen molar-refractivity contribution >= 4 is 16.2 Å². The molecule has 1 saturated heterocycles. The normalized spacial score (nSPS) is 37.6. The predicted molar refractivity (Wildman–Crippen MR) is 106 cm³/mol. The van der Waals surface area contributed by atoms with E-state index in [2.05, 4.69) is 4.18 Å². The molecule has 5 N–H and O–H groups in total. The van der Waals surface area contributed by atoms with Crippen LogP contribution in [0.25, 0.3) is 0 Å². The van der Waals surface area contributed by atoms with Crippen LogP contribution in [0.5, 0.6) is 0 Å². The Morgan fingerprint density at radius 3 is 2.42 bits per heavy atom. The van der Waals surface area contributed by atoms with E-state index in [0.717, 1.165) is 0 Å². The molecule has 31 heavy (non-hydrogen) atoms. The zero-order valence-corrected chi connectivity index (χ0v) is 18.5. The lowest BCUT2D eigenvalue weighted by Gasteiger charge is -2.44. The second kappa shape index (κ2) is 9.33. The summed E-state index contributed by atoms with van der Waals surface area (Å²) in [5, 5.41) is 41.2. The Balaban J connectivity index is 2.11.